The Balaban J connectivity index is 2.18. The Morgan fingerprint density at radius 3 is 2.39 bits per heavy atom. The number of nitrogens with zero attached hydrogens (tertiary/aromatic N) is 1. The molecule has 0 aliphatic carbocycles. The highest BCUT2D eigenvalue weighted by atomic mass is 31.3. The third kappa shape index (κ3) is 7.82. The quantitative estimate of drug-likeness (QED) is 0.221. The highest BCUT2D eigenvalue weighted by molar-refractivity contribution is 7.66. The second-order valence-electron chi connectivity index (χ2n) is 6.40. The van der Waals surface area contributed by atoms with E-state index in [9.17, 15) is 38.2 Å². The molecule has 31 heavy (non-hydrogen) atoms. The first-order valence-corrected chi connectivity index (χ1v) is 13.1. The molecule has 16 nitrogen and oxygen atoms in total. The maximum atomic E-state index is 12.1. The number of rotatable bonds is 10. The number of aliphatic hydroxyl groups is 1. The van der Waals surface area contributed by atoms with Crippen LogP contribution in [0.1, 0.15) is 32.4 Å². The zero-order valence-electron chi connectivity index (χ0n) is 15.8. The molecular weight excluding hydrogens is 489 g/mol. The lowest BCUT2D eigenvalue weighted by Crippen LogP contribution is -2.36. The summed E-state index contributed by atoms with van der Waals surface area (Å²) in [5.41, 5.74) is -1.49. The molecule has 1 aromatic rings. The van der Waals surface area contributed by atoms with Crippen LogP contribution in [0.3, 0.4) is 0 Å². The summed E-state index contributed by atoms with van der Waals surface area (Å²) in [4.78, 5) is 61.2. The highest BCUT2D eigenvalue weighted by Crippen LogP contribution is 2.66. The number of ether oxygens (including phenoxy) is 1. The molecule has 1 aromatic heterocycles. The van der Waals surface area contributed by atoms with Crippen LogP contribution < -0.4 is 11.2 Å². The molecule has 19 heteroatoms. The van der Waals surface area contributed by atoms with Crippen molar-refractivity contribution in [2.75, 3.05) is 0 Å². The van der Waals surface area contributed by atoms with E-state index < -0.39 is 59.3 Å². The molecule has 1 saturated heterocycles. The minimum atomic E-state index is -5.71. The summed E-state index contributed by atoms with van der Waals surface area (Å²) in [6.45, 7) is 1.64. The number of phosphoric ester groups is 1. The lowest BCUT2D eigenvalue weighted by molar-refractivity contribution is -0.0825. The van der Waals surface area contributed by atoms with E-state index >= 15 is 0 Å². The van der Waals surface area contributed by atoms with E-state index in [1.165, 1.54) is 0 Å². The summed E-state index contributed by atoms with van der Waals surface area (Å²) in [6.07, 6.45) is -3.88. The average molecular weight is 510 g/mol. The molecule has 1 aliphatic heterocycles. The Hall–Kier alpha value is -0.990. The van der Waals surface area contributed by atoms with E-state index in [1.54, 1.807) is 6.92 Å². The molecule has 0 bridgehead atoms. The molecule has 0 radical (unpaired) electrons. The Labute approximate surface area is 173 Å². The maximum absolute atomic E-state index is 12.1. The molecule has 0 aromatic carbocycles. The lowest BCUT2D eigenvalue weighted by Gasteiger charge is -2.27. The van der Waals surface area contributed by atoms with Gasteiger partial charge in [0.2, 0.25) is 0 Å². The summed E-state index contributed by atoms with van der Waals surface area (Å²) >= 11 is 0. The van der Waals surface area contributed by atoms with E-state index in [4.69, 9.17) is 19.0 Å². The van der Waals surface area contributed by atoms with Crippen LogP contribution >= 0.6 is 23.5 Å². The monoisotopic (exact) mass is 510 g/mol. The van der Waals surface area contributed by atoms with E-state index in [1.807, 2.05) is 4.98 Å². The first-order valence-electron chi connectivity index (χ1n) is 8.59. The fraction of sp³-hybridized carbons (Fsp3) is 0.667. The molecule has 1 fully saturated rings. The van der Waals surface area contributed by atoms with Gasteiger partial charge in [-0.05, 0) is 6.42 Å². The summed E-state index contributed by atoms with van der Waals surface area (Å²) in [5, 5.41) is 10.3. The van der Waals surface area contributed by atoms with Crippen molar-refractivity contribution in [2.24, 2.45) is 0 Å². The summed E-state index contributed by atoms with van der Waals surface area (Å²) < 4.78 is 53.0. The minimum Gasteiger partial charge on any atom is -0.390 e. The van der Waals surface area contributed by atoms with E-state index in [2.05, 4.69) is 8.62 Å². The van der Waals surface area contributed by atoms with Gasteiger partial charge in [-0.25, -0.2) is 18.5 Å². The van der Waals surface area contributed by atoms with Gasteiger partial charge in [-0.1, -0.05) is 13.3 Å². The van der Waals surface area contributed by atoms with Crippen LogP contribution in [0.2, 0.25) is 0 Å². The largest absolute Gasteiger partial charge is 0.490 e. The van der Waals surface area contributed by atoms with Crippen LogP contribution in [0.4, 0.5) is 0 Å². The topological polar surface area (TPSA) is 244 Å². The molecule has 0 spiro atoms. The number of hydrogen-bond acceptors (Lipinski definition) is 10. The van der Waals surface area contributed by atoms with Gasteiger partial charge in [-0.2, -0.15) is 8.62 Å². The number of H-pyrrole nitrogens is 1. The summed E-state index contributed by atoms with van der Waals surface area (Å²) in [6, 6.07) is 1.04. The second kappa shape index (κ2) is 9.87. The molecule has 3 unspecified atom stereocenters. The van der Waals surface area contributed by atoms with Gasteiger partial charge in [-0.15, -0.1) is 0 Å². The third-order valence-corrected chi connectivity index (χ3v) is 7.79. The fourth-order valence-electron chi connectivity index (χ4n) is 2.87. The molecule has 2 rings (SSSR count). The lowest BCUT2D eigenvalue weighted by atomic mass is 10.0. The normalized spacial score (nSPS) is 26.8. The average Bonchev–Trinajstić information content (AvgIpc) is 2.92. The summed E-state index contributed by atoms with van der Waals surface area (Å²) in [7, 11) is -16.7. The molecule has 178 valence electrons. The number of hydrogen-bond donors (Lipinski definition) is 6. The van der Waals surface area contributed by atoms with Crippen molar-refractivity contribution >= 4 is 23.5 Å². The Bertz CT molecular complexity index is 1030. The van der Waals surface area contributed by atoms with Crippen LogP contribution in [0.25, 0.3) is 0 Å². The molecular formula is C12H21N2O14P3. The van der Waals surface area contributed by atoms with Gasteiger partial charge in [0, 0.05) is 18.7 Å². The van der Waals surface area contributed by atoms with Crippen molar-refractivity contribution < 1.29 is 56.3 Å². The van der Waals surface area contributed by atoms with Gasteiger partial charge in [0.15, 0.2) is 0 Å². The number of phosphoric acid groups is 3. The smallest absolute Gasteiger partial charge is 0.390 e. The standard InChI is InChI=1S/C12H21N2O14P3/c1-2-3-8(26-30(21,22)28-31(23,24)27-29(18,19)20)11-7(15)6-10(25-11)14-5-4-9(16)13-12(14)17/h4-5,7-8,10-11,15H,2-3,6H2,1H3,(H,21,22)(H,23,24)(H,13,16,17)(H2,18,19,20)/t7-,8?,10+,11-/m0/s1. The zero-order chi connectivity index (χ0) is 23.6. The summed E-state index contributed by atoms with van der Waals surface area (Å²) in [5.74, 6) is 0. The molecule has 0 saturated carbocycles. The second-order valence-corrected chi connectivity index (χ2v) is 10.8. The molecule has 6 N–H and O–H groups in total. The van der Waals surface area contributed by atoms with Crippen molar-refractivity contribution in [2.45, 2.75) is 50.7 Å². The Morgan fingerprint density at radius 2 is 1.84 bits per heavy atom. The van der Waals surface area contributed by atoms with Crippen LogP contribution in [0, 0.1) is 0 Å². The first kappa shape index (κ1) is 26.3. The van der Waals surface area contributed by atoms with Gasteiger partial charge in [0.1, 0.15) is 12.3 Å². The van der Waals surface area contributed by atoms with Crippen molar-refractivity contribution in [1.29, 1.82) is 0 Å². The molecule has 6 atom stereocenters. The van der Waals surface area contributed by atoms with Crippen LogP contribution in [-0.4, -0.2) is 52.5 Å². The van der Waals surface area contributed by atoms with E-state index in [0.717, 1.165) is 16.8 Å². The van der Waals surface area contributed by atoms with Crippen LogP contribution in [-0.2, 0) is 31.6 Å². The molecule has 2 heterocycles. The van der Waals surface area contributed by atoms with E-state index in [0.29, 0.717) is 6.42 Å². The van der Waals surface area contributed by atoms with Crippen molar-refractivity contribution in [3.8, 4) is 0 Å². The number of aromatic nitrogens is 2. The first-order chi connectivity index (χ1) is 14.1. The van der Waals surface area contributed by atoms with E-state index in [-0.39, 0.29) is 12.8 Å². The van der Waals surface area contributed by atoms with Gasteiger partial charge < -0.3 is 29.4 Å². The van der Waals surface area contributed by atoms with Gasteiger partial charge in [0.05, 0.1) is 12.2 Å². The van der Waals surface area contributed by atoms with Gasteiger partial charge in [-0.3, -0.25) is 18.9 Å². The van der Waals surface area contributed by atoms with Crippen molar-refractivity contribution in [3.05, 3.63) is 33.1 Å². The SMILES string of the molecule is CCCC(OP(=O)(O)OP(=O)(O)OP(=O)(O)O)[C@H]1O[C@@H](n2ccc(=O)[nH]c2=O)C[C@@H]1O. The van der Waals surface area contributed by atoms with Crippen molar-refractivity contribution in [3.63, 3.8) is 0 Å². The number of aromatic amines is 1. The fourth-order valence-corrected chi connectivity index (χ4v) is 6.10. The minimum absolute atomic E-state index is 0.0298. The predicted molar refractivity (Wildman–Crippen MR) is 99.5 cm³/mol. The van der Waals surface area contributed by atoms with Crippen LogP contribution in [0.15, 0.2) is 21.9 Å². The Kier molecular flexibility index (Phi) is 8.37. The van der Waals surface area contributed by atoms with Crippen molar-refractivity contribution in [1.82, 2.24) is 9.55 Å². The maximum Gasteiger partial charge on any atom is 0.490 e. The number of aliphatic hydroxyl groups excluding tert-OH is 1. The molecule has 1 aliphatic rings. The molecule has 0 amide bonds. The predicted octanol–water partition coefficient (Wildman–Crippen LogP) is -0.303. The highest BCUT2D eigenvalue weighted by Gasteiger charge is 2.46. The Morgan fingerprint density at radius 1 is 1.19 bits per heavy atom. The van der Waals surface area contributed by atoms with Crippen LogP contribution in [0.5, 0.6) is 0 Å². The third-order valence-electron chi connectivity index (χ3n) is 3.92. The zero-order valence-corrected chi connectivity index (χ0v) is 18.5. The number of nitrogens with one attached hydrogen (secondary N) is 1. The van der Waals surface area contributed by atoms with Gasteiger partial charge in [0.25, 0.3) is 5.56 Å². The van der Waals surface area contributed by atoms with Gasteiger partial charge >= 0.3 is 29.2 Å².